The van der Waals surface area contributed by atoms with E-state index in [0.717, 1.165) is 18.0 Å². The van der Waals surface area contributed by atoms with Gasteiger partial charge in [0.1, 0.15) is 0 Å². The van der Waals surface area contributed by atoms with Gasteiger partial charge in [0, 0.05) is 31.3 Å². The molecule has 0 unspecified atom stereocenters. The van der Waals surface area contributed by atoms with Crippen molar-refractivity contribution in [2.75, 3.05) is 26.2 Å². The minimum absolute atomic E-state index is 0.0122. The van der Waals surface area contributed by atoms with E-state index in [-0.39, 0.29) is 11.8 Å². The van der Waals surface area contributed by atoms with Crippen molar-refractivity contribution >= 4 is 11.9 Å². The van der Waals surface area contributed by atoms with Crippen LogP contribution in [-0.4, -0.2) is 38.1 Å². The summed E-state index contributed by atoms with van der Waals surface area (Å²) in [5.41, 5.74) is 0. The first-order valence-corrected chi connectivity index (χ1v) is 5.55. The van der Waals surface area contributed by atoms with E-state index in [4.69, 9.17) is 0 Å². The largest absolute Gasteiger partial charge is 0.550 e. The number of likely N-dealkylation sites (tertiary alicyclic amines) is 1. The molecular weight excluding hydrogens is 208 g/mol. The topological polar surface area (TPSA) is 73.7 Å². The van der Waals surface area contributed by atoms with E-state index in [1.165, 1.54) is 0 Å². The van der Waals surface area contributed by atoms with Crippen LogP contribution in [0, 0.1) is 5.92 Å². The van der Waals surface area contributed by atoms with Crippen molar-refractivity contribution in [1.29, 1.82) is 0 Å². The monoisotopic (exact) mass is 226 g/mol. The molecule has 2 N–H and O–H groups in total. The highest BCUT2D eigenvalue weighted by atomic mass is 16.4. The Bertz CT molecular complexity index is 270. The SMILES string of the molecule is C=CCNC(=O)C[NH+]1CCC(C(=O)[O-])CC1. The van der Waals surface area contributed by atoms with Crippen LogP contribution >= 0.6 is 0 Å². The van der Waals surface area contributed by atoms with E-state index in [9.17, 15) is 14.7 Å². The fourth-order valence-corrected chi connectivity index (χ4v) is 1.91. The molecule has 0 atom stereocenters. The molecule has 5 nitrogen and oxygen atoms in total. The summed E-state index contributed by atoms with van der Waals surface area (Å²) >= 11 is 0. The van der Waals surface area contributed by atoms with Crippen LogP contribution in [0.25, 0.3) is 0 Å². The number of carbonyl (C=O) groups is 2. The molecule has 1 rings (SSSR count). The molecule has 1 heterocycles. The summed E-state index contributed by atoms with van der Waals surface area (Å²) < 4.78 is 0. The highest BCUT2D eigenvalue weighted by Crippen LogP contribution is 2.07. The number of hydrogen-bond acceptors (Lipinski definition) is 3. The van der Waals surface area contributed by atoms with Gasteiger partial charge in [-0.25, -0.2) is 0 Å². The van der Waals surface area contributed by atoms with Crippen molar-refractivity contribution in [1.82, 2.24) is 5.32 Å². The zero-order valence-corrected chi connectivity index (χ0v) is 9.33. The Morgan fingerprint density at radius 3 is 2.56 bits per heavy atom. The number of rotatable bonds is 5. The molecule has 0 aromatic rings. The molecule has 0 aromatic carbocycles. The zero-order valence-electron chi connectivity index (χ0n) is 9.33. The number of amides is 1. The number of quaternary nitrogens is 1. The van der Waals surface area contributed by atoms with Gasteiger partial charge in [-0.05, 0) is 0 Å². The fraction of sp³-hybridized carbons (Fsp3) is 0.636. The van der Waals surface area contributed by atoms with E-state index in [2.05, 4.69) is 11.9 Å². The Morgan fingerprint density at radius 2 is 2.06 bits per heavy atom. The minimum atomic E-state index is -0.963. The number of carbonyl (C=O) groups excluding carboxylic acids is 2. The number of nitrogens with one attached hydrogen (secondary N) is 2. The highest BCUT2D eigenvalue weighted by Gasteiger charge is 2.24. The van der Waals surface area contributed by atoms with Gasteiger partial charge in [0.05, 0.1) is 13.1 Å². The van der Waals surface area contributed by atoms with Crippen LogP contribution in [0.1, 0.15) is 12.8 Å². The molecule has 0 bridgehead atoms. The third-order valence-corrected chi connectivity index (χ3v) is 2.88. The Labute approximate surface area is 95.1 Å². The van der Waals surface area contributed by atoms with Gasteiger partial charge in [0.25, 0.3) is 5.91 Å². The van der Waals surface area contributed by atoms with Crippen molar-refractivity contribution < 1.29 is 19.6 Å². The molecule has 0 aromatic heterocycles. The Kier molecular flexibility index (Phi) is 4.98. The second-order valence-electron chi connectivity index (χ2n) is 4.11. The molecule has 1 aliphatic rings. The summed E-state index contributed by atoms with van der Waals surface area (Å²) in [7, 11) is 0. The molecule has 0 radical (unpaired) electrons. The first-order valence-electron chi connectivity index (χ1n) is 5.55. The molecule has 16 heavy (non-hydrogen) atoms. The summed E-state index contributed by atoms with van der Waals surface area (Å²) in [6.45, 7) is 5.85. The van der Waals surface area contributed by atoms with Gasteiger partial charge in [0.15, 0.2) is 6.54 Å². The fourth-order valence-electron chi connectivity index (χ4n) is 1.91. The van der Waals surface area contributed by atoms with Crippen molar-refractivity contribution in [3.63, 3.8) is 0 Å². The summed E-state index contributed by atoms with van der Waals surface area (Å²) in [6, 6.07) is 0. The predicted molar refractivity (Wildman–Crippen MR) is 56.5 cm³/mol. The number of carboxylic acid groups (broad SMARTS) is 1. The Balaban J connectivity index is 2.23. The normalized spacial score (nSPS) is 24.8. The molecule has 1 amide bonds. The van der Waals surface area contributed by atoms with Crippen LogP contribution in [-0.2, 0) is 9.59 Å². The van der Waals surface area contributed by atoms with Crippen LogP contribution in [0.5, 0.6) is 0 Å². The van der Waals surface area contributed by atoms with Gasteiger partial charge in [-0.2, -0.15) is 0 Å². The van der Waals surface area contributed by atoms with Crippen molar-refractivity contribution in [2.24, 2.45) is 5.92 Å². The van der Waals surface area contributed by atoms with E-state index in [1.54, 1.807) is 6.08 Å². The van der Waals surface area contributed by atoms with Crippen LogP contribution in [0.4, 0.5) is 0 Å². The lowest BCUT2D eigenvalue weighted by atomic mass is 9.97. The first kappa shape index (κ1) is 12.7. The Morgan fingerprint density at radius 1 is 1.44 bits per heavy atom. The predicted octanol–water partition coefficient (Wildman–Crippen LogP) is -2.67. The van der Waals surface area contributed by atoms with Crippen molar-refractivity contribution in [2.45, 2.75) is 12.8 Å². The Hall–Kier alpha value is -1.36. The molecule has 1 aliphatic heterocycles. The van der Waals surface area contributed by atoms with Gasteiger partial charge in [-0.1, -0.05) is 6.08 Å². The molecular formula is C11H18N2O3. The highest BCUT2D eigenvalue weighted by molar-refractivity contribution is 5.76. The summed E-state index contributed by atoms with van der Waals surface area (Å²) in [5, 5.41) is 13.3. The number of hydrogen-bond donors (Lipinski definition) is 2. The second-order valence-corrected chi connectivity index (χ2v) is 4.11. The lowest BCUT2D eigenvalue weighted by Gasteiger charge is -2.29. The van der Waals surface area contributed by atoms with Crippen molar-refractivity contribution in [3.8, 4) is 0 Å². The second kappa shape index (κ2) is 6.27. The molecule has 90 valence electrons. The average molecular weight is 226 g/mol. The third kappa shape index (κ3) is 4.02. The van der Waals surface area contributed by atoms with Crippen LogP contribution < -0.4 is 15.3 Å². The number of carboxylic acids is 1. The van der Waals surface area contributed by atoms with E-state index >= 15 is 0 Å². The maximum absolute atomic E-state index is 11.4. The molecule has 5 heteroatoms. The lowest BCUT2D eigenvalue weighted by Crippen LogP contribution is -3.14. The van der Waals surface area contributed by atoms with Crippen LogP contribution in [0.2, 0.25) is 0 Å². The first-order chi connectivity index (χ1) is 7.63. The molecule has 1 saturated heterocycles. The van der Waals surface area contributed by atoms with E-state index in [0.29, 0.717) is 25.9 Å². The summed E-state index contributed by atoms with van der Waals surface area (Å²) in [4.78, 5) is 23.1. The quantitative estimate of drug-likeness (QED) is 0.502. The molecule has 0 spiro atoms. The molecule has 0 saturated carbocycles. The minimum Gasteiger partial charge on any atom is -0.550 e. The molecule has 1 fully saturated rings. The van der Waals surface area contributed by atoms with Gasteiger partial charge in [-0.3, -0.25) is 4.79 Å². The van der Waals surface area contributed by atoms with Gasteiger partial charge in [0.2, 0.25) is 0 Å². The lowest BCUT2D eigenvalue weighted by molar-refractivity contribution is -0.897. The standard InChI is InChI=1S/C11H18N2O3/c1-2-5-12-10(14)8-13-6-3-9(4-7-13)11(15)16/h2,9H,1,3-8H2,(H,12,14)(H,15,16). The zero-order chi connectivity index (χ0) is 12.0. The van der Waals surface area contributed by atoms with E-state index < -0.39 is 5.97 Å². The van der Waals surface area contributed by atoms with Gasteiger partial charge in [-0.15, -0.1) is 6.58 Å². The van der Waals surface area contributed by atoms with Gasteiger partial charge < -0.3 is 20.1 Å². The third-order valence-electron chi connectivity index (χ3n) is 2.88. The molecule has 0 aliphatic carbocycles. The number of piperidine rings is 1. The maximum Gasteiger partial charge on any atom is 0.275 e. The van der Waals surface area contributed by atoms with Crippen LogP contribution in [0.3, 0.4) is 0 Å². The van der Waals surface area contributed by atoms with Crippen LogP contribution in [0.15, 0.2) is 12.7 Å². The maximum atomic E-state index is 11.4. The van der Waals surface area contributed by atoms with Crippen molar-refractivity contribution in [3.05, 3.63) is 12.7 Å². The average Bonchev–Trinajstić information content (AvgIpc) is 2.27. The smallest absolute Gasteiger partial charge is 0.275 e. The van der Waals surface area contributed by atoms with E-state index in [1.807, 2.05) is 0 Å². The summed E-state index contributed by atoms with van der Waals surface area (Å²) in [6.07, 6.45) is 2.84. The van der Waals surface area contributed by atoms with Gasteiger partial charge >= 0.3 is 0 Å². The summed E-state index contributed by atoms with van der Waals surface area (Å²) in [5.74, 6) is -1.31. The number of aliphatic carboxylic acids is 1.